The maximum atomic E-state index is 8.97. The maximum Gasteiger partial charge on any atom is 0.183 e. The standard InChI is InChI=1S/C12H16N4/c1-2-3-10-4-7-16(9-10)12-11(8-13)14-5-6-15-12/h5-6,10H,2-4,7,9H2,1H3. The van der Waals surface area contributed by atoms with Crippen LogP contribution in [0.25, 0.3) is 0 Å². The summed E-state index contributed by atoms with van der Waals surface area (Å²) in [6, 6.07) is 2.10. The molecule has 0 radical (unpaired) electrons. The Morgan fingerprint density at radius 2 is 2.31 bits per heavy atom. The van der Waals surface area contributed by atoms with E-state index in [0.717, 1.165) is 24.8 Å². The Kier molecular flexibility index (Phi) is 3.35. The van der Waals surface area contributed by atoms with Crippen LogP contribution in [0, 0.1) is 17.2 Å². The topological polar surface area (TPSA) is 52.8 Å². The predicted molar refractivity (Wildman–Crippen MR) is 62.0 cm³/mol. The average molecular weight is 216 g/mol. The van der Waals surface area contributed by atoms with Gasteiger partial charge in [-0.1, -0.05) is 13.3 Å². The Labute approximate surface area is 95.9 Å². The van der Waals surface area contributed by atoms with E-state index in [4.69, 9.17) is 5.26 Å². The van der Waals surface area contributed by atoms with Crippen molar-refractivity contribution in [2.45, 2.75) is 26.2 Å². The SMILES string of the molecule is CCCC1CCN(c2nccnc2C#N)C1. The first-order chi connectivity index (χ1) is 7.85. The second-order valence-electron chi connectivity index (χ2n) is 4.23. The number of aromatic nitrogens is 2. The van der Waals surface area contributed by atoms with Crippen LogP contribution in [0.3, 0.4) is 0 Å². The Morgan fingerprint density at radius 1 is 1.50 bits per heavy atom. The molecule has 1 fully saturated rings. The smallest absolute Gasteiger partial charge is 0.183 e. The Bertz CT molecular complexity index is 396. The van der Waals surface area contributed by atoms with E-state index in [1.807, 2.05) is 0 Å². The third kappa shape index (κ3) is 2.13. The van der Waals surface area contributed by atoms with E-state index >= 15 is 0 Å². The highest BCUT2D eigenvalue weighted by molar-refractivity contribution is 5.50. The molecular formula is C12H16N4. The number of anilines is 1. The van der Waals surface area contributed by atoms with Gasteiger partial charge in [0.1, 0.15) is 6.07 Å². The lowest BCUT2D eigenvalue weighted by Gasteiger charge is -2.17. The van der Waals surface area contributed by atoms with Gasteiger partial charge in [0.15, 0.2) is 11.5 Å². The zero-order valence-electron chi connectivity index (χ0n) is 9.56. The quantitative estimate of drug-likeness (QED) is 0.775. The molecule has 4 nitrogen and oxygen atoms in total. The van der Waals surface area contributed by atoms with Crippen LogP contribution in [0.2, 0.25) is 0 Å². The monoisotopic (exact) mass is 216 g/mol. The highest BCUT2D eigenvalue weighted by atomic mass is 15.2. The number of nitrogens with zero attached hydrogens (tertiary/aromatic N) is 4. The van der Waals surface area contributed by atoms with Gasteiger partial charge in [0.25, 0.3) is 0 Å². The van der Waals surface area contributed by atoms with Gasteiger partial charge in [0.2, 0.25) is 0 Å². The zero-order valence-corrected chi connectivity index (χ0v) is 9.56. The molecule has 2 heterocycles. The molecule has 84 valence electrons. The van der Waals surface area contributed by atoms with Crippen molar-refractivity contribution < 1.29 is 0 Å². The molecule has 1 saturated heterocycles. The van der Waals surface area contributed by atoms with Gasteiger partial charge in [0, 0.05) is 25.5 Å². The van der Waals surface area contributed by atoms with Crippen LogP contribution in [0.15, 0.2) is 12.4 Å². The molecule has 1 aromatic heterocycles. The maximum absolute atomic E-state index is 8.97. The normalized spacial score (nSPS) is 19.8. The molecule has 1 aliphatic rings. The first kappa shape index (κ1) is 10.9. The molecule has 0 saturated carbocycles. The van der Waals surface area contributed by atoms with E-state index in [9.17, 15) is 0 Å². The highest BCUT2D eigenvalue weighted by Crippen LogP contribution is 2.26. The Balaban J connectivity index is 2.12. The van der Waals surface area contributed by atoms with Crippen LogP contribution < -0.4 is 4.90 Å². The molecule has 0 amide bonds. The minimum atomic E-state index is 0.444. The third-order valence-electron chi connectivity index (χ3n) is 3.07. The molecule has 0 aromatic carbocycles. The summed E-state index contributed by atoms with van der Waals surface area (Å²) in [7, 11) is 0. The summed E-state index contributed by atoms with van der Waals surface area (Å²) in [6.07, 6.45) is 6.92. The van der Waals surface area contributed by atoms with Crippen LogP contribution in [-0.4, -0.2) is 23.1 Å². The zero-order chi connectivity index (χ0) is 11.4. The number of nitriles is 1. The summed E-state index contributed by atoms with van der Waals surface area (Å²) in [5.41, 5.74) is 0.444. The van der Waals surface area contributed by atoms with Crippen molar-refractivity contribution in [3.05, 3.63) is 18.1 Å². The average Bonchev–Trinajstić information content (AvgIpc) is 2.78. The van der Waals surface area contributed by atoms with Gasteiger partial charge in [-0.15, -0.1) is 0 Å². The number of hydrogen-bond acceptors (Lipinski definition) is 4. The molecule has 1 atom stereocenters. The Morgan fingerprint density at radius 3 is 3.06 bits per heavy atom. The van der Waals surface area contributed by atoms with Crippen LogP contribution in [0.4, 0.5) is 5.82 Å². The van der Waals surface area contributed by atoms with Gasteiger partial charge in [0.05, 0.1) is 0 Å². The summed E-state index contributed by atoms with van der Waals surface area (Å²) < 4.78 is 0. The lowest BCUT2D eigenvalue weighted by Crippen LogP contribution is -2.22. The molecule has 1 unspecified atom stereocenters. The van der Waals surface area contributed by atoms with E-state index in [1.165, 1.54) is 19.3 Å². The van der Waals surface area contributed by atoms with Crippen LogP contribution in [0.1, 0.15) is 31.9 Å². The van der Waals surface area contributed by atoms with Gasteiger partial charge in [-0.3, -0.25) is 0 Å². The van der Waals surface area contributed by atoms with Crippen LogP contribution >= 0.6 is 0 Å². The summed E-state index contributed by atoms with van der Waals surface area (Å²) in [6.45, 7) is 4.23. The largest absolute Gasteiger partial charge is 0.354 e. The van der Waals surface area contributed by atoms with Gasteiger partial charge in [-0.05, 0) is 18.8 Å². The van der Waals surface area contributed by atoms with Crippen molar-refractivity contribution in [1.82, 2.24) is 9.97 Å². The van der Waals surface area contributed by atoms with Crippen molar-refractivity contribution in [1.29, 1.82) is 5.26 Å². The second-order valence-corrected chi connectivity index (χ2v) is 4.23. The van der Waals surface area contributed by atoms with E-state index < -0.39 is 0 Å². The molecule has 4 heteroatoms. The molecule has 1 aromatic rings. The molecule has 0 bridgehead atoms. The van der Waals surface area contributed by atoms with Crippen LogP contribution in [0.5, 0.6) is 0 Å². The molecular weight excluding hydrogens is 200 g/mol. The fourth-order valence-corrected chi connectivity index (χ4v) is 2.31. The second kappa shape index (κ2) is 4.93. The highest BCUT2D eigenvalue weighted by Gasteiger charge is 2.24. The van der Waals surface area contributed by atoms with E-state index in [-0.39, 0.29) is 0 Å². The van der Waals surface area contributed by atoms with E-state index in [0.29, 0.717) is 5.69 Å². The minimum absolute atomic E-state index is 0.444. The van der Waals surface area contributed by atoms with Crippen LogP contribution in [-0.2, 0) is 0 Å². The van der Waals surface area contributed by atoms with Crippen molar-refractivity contribution >= 4 is 5.82 Å². The Hall–Kier alpha value is -1.63. The van der Waals surface area contributed by atoms with E-state index in [1.54, 1.807) is 12.4 Å². The third-order valence-corrected chi connectivity index (χ3v) is 3.07. The molecule has 2 rings (SSSR count). The molecule has 0 N–H and O–H groups in total. The summed E-state index contributed by atoms with van der Waals surface area (Å²) in [5, 5.41) is 8.97. The first-order valence-corrected chi connectivity index (χ1v) is 5.81. The fourth-order valence-electron chi connectivity index (χ4n) is 2.31. The molecule has 0 aliphatic carbocycles. The lowest BCUT2D eigenvalue weighted by molar-refractivity contribution is 0.529. The molecule has 0 spiro atoms. The first-order valence-electron chi connectivity index (χ1n) is 5.81. The van der Waals surface area contributed by atoms with E-state index in [2.05, 4.69) is 27.9 Å². The fraction of sp³-hybridized carbons (Fsp3) is 0.583. The summed E-state index contributed by atoms with van der Waals surface area (Å²) in [4.78, 5) is 10.5. The molecule has 1 aliphatic heterocycles. The van der Waals surface area contributed by atoms with Gasteiger partial charge < -0.3 is 4.90 Å². The molecule has 16 heavy (non-hydrogen) atoms. The number of rotatable bonds is 3. The van der Waals surface area contributed by atoms with Gasteiger partial charge in [-0.25, -0.2) is 9.97 Å². The van der Waals surface area contributed by atoms with Crippen molar-refractivity contribution in [3.8, 4) is 6.07 Å². The van der Waals surface area contributed by atoms with Crippen molar-refractivity contribution in [2.75, 3.05) is 18.0 Å². The van der Waals surface area contributed by atoms with Gasteiger partial charge in [-0.2, -0.15) is 5.26 Å². The van der Waals surface area contributed by atoms with Crippen molar-refractivity contribution in [3.63, 3.8) is 0 Å². The lowest BCUT2D eigenvalue weighted by atomic mass is 10.0. The number of hydrogen-bond donors (Lipinski definition) is 0. The van der Waals surface area contributed by atoms with Gasteiger partial charge >= 0.3 is 0 Å². The van der Waals surface area contributed by atoms with Crippen molar-refractivity contribution in [2.24, 2.45) is 5.92 Å². The minimum Gasteiger partial charge on any atom is -0.354 e. The predicted octanol–water partition coefficient (Wildman–Crippen LogP) is 1.97. The summed E-state index contributed by atoms with van der Waals surface area (Å²) >= 11 is 0. The summed E-state index contributed by atoms with van der Waals surface area (Å²) in [5.74, 6) is 1.50.